The van der Waals surface area contributed by atoms with Crippen LogP contribution in [0.1, 0.15) is 17.3 Å². The topological polar surface area (TPSA) is 210 Å². The van der Waals surface area contributed by atoms with Crippen LogP contribution < -0.4 is 31.7 Å². The number of thiol groups is 1. The van der Waals surface area contributed by atoms with Crippen LogP contribution in [0.4, 0.5) is 0 Å². The number of rotatable bonds is 19. The summed E-state index contributed by atoms with van der Waals surface area (Å²) < 4.78 is 25.2. The number of carbonyl (C=O) groups is 3. The van der Waals surface area contributed by atoms with E-state index in [1.165, 1.54) is 12.1 Å². The average Bonchev–Trinajstić information content (AvgIpc) is 3.48. The van der Waals surface area contributed by atoms with Gasteiger partial charge in [-0.15, -0.1) is 0 Å². The van der Waals surface area contributed by atoms with Gasteiger partial charge < -0.3 is 31.7 Å². The molecule has 0 aliphatic heterocycles. The Kier molecular flexibility index (Phi) is 13.9. The van der Waals surface area contributed by atoms with Crippen molar-refractivity contribution in [1.82, 2.24) is 36.4 Å². The van der Waals surface area contributed by atoms with Crippen LogP contribution in [0.2, 0.25) is 0 Å². The Morgan fingerprint density at radius 2 is 1.59 bits per heavy atom. The molecule has 3 aromatic rings. The van der Waals surface area contributed by atoms with E-state index in [4.69, 9.17) is 15.3 Å². The van der Waals surface area contributed by atoms with Gasteiger partial charge in [-0.25, -0.2) is 18.2 Å². The Morgan fingerprint density at radius 3 is 2.20 bits per heavy atom. The van der Waals surface area contributed by atoms with E-state index >= 15 is 0 Å². The van der Waals surface area contributed by atoms with Gasteiger partial charge in [0.05, 0.1) is 48.2 Å². The zero-order valence-corrected chi connectivity index (χ0v) is 27.2. The highest BCUT2D eigenvalue weighted by Crippen LogP contribution is 2.28. The number of hydrogen-bond acceptors (Lipinski definition) is 11. The van der Waals surface area contributed by atoms with E-state index in [9.17, 15) is 22.8 Å². The van der Waals surface area contributed by atoms with Crippen LogP contribution in [0.15, 0.2) is 71.8 Å². The summed E-state index contributed by atoms with van der Waals surface area (Å²) in [5.41, 5.74) is 3.93. The van der Waals surface area contributed by atoms with Crippen LogP contribution in [-0.4, -0.2) is 92.5 Å². The van der Waals surface area contributed by atoms with Crippen molar-refractivity contribution < 1.29 is 27.9 Å². The number of nitrogens with zero attached hydrogens (tertiary/aromatic N) is 2. The third kappa shape index (κ3) is 11.1. The first-order chi connectivity index (χ1) is 21.9. The summed E-state index contributed by atoms with van der Waals surface area (Å²) >= 11 is 4.05. The molecule has 1 heterocycles. The van der Waals surface area contributed by atoms with Crippen molar-refractivity contribution in [3.63, 3.8) is 0 Å². The summed E-state index contributed by atoms with van der Waals surface area (Å²) in [6, 6.07) is 14.4. The minimum Gasteiger partial charge on any atom is -0.395 e. The third-order valence-electron chi connectivity index (χ3n) is 6.64. The molecule has 0 saturated heterocycles. The largest absolute Gasteiger partial charge is 0.395 e. The molecule has 46 heavy (non-hydrogen) atoms. The average molecular weight is 673 g/mol. The highest BCUT2D eigenvalue weighted by Gasteiger charge is 2.26. The highest BCUT2D eigenvalue weighted by atomic mass is 32.2. The van der Waals surface area contributed by atoms with Crippen LogP contribution in [-0.2, 0) is 24.4 Å². The van der Waals surface area contributed by atoms with Crippen molar-refractivity contribution >= 4 is 40.2 Å². The Labute approximate surface area is 273 Å². The summed E-state index contributed by atoms with van der Waals surface area (Å²) in [6.07, 6.45) is 0. The lowest BCUT2D eigenvalue weighted by Gasteiger charge is -2.17. The van der Waals surface area contributed by atoms with Crippen molar-refractivity contribution in [2.24, 2.45) is 5.14 Å². The van der Waals surface area contributed by atoms with Crippen molar-refractivity contribution in [2.75, 3.05) is 51.6 Å². The lowest BCUT2D eigenvalue weighted by Crippen LogP contribution is -2.44. The van der Waals surface area contributed by atoms with Crippen molar-refractivity contribution in [2.45, 2.75) is 17.9 Å². The molecule has 0 aliphatic carbocycles. The Bertz CT molecular complexity index is 1610. The summed E-state index contributed by atoms with van der Waals surface area (Å²) in [4.78, 5) is 37.9. The van der Waals surface area contributed by atoms with Gasteiger partial charge in [0.2, 0.25) is 21.8 Å². The third-order valence-corrected chi connectivity index (χ3v) is 7.95. The number of nitrogens with two attached hydrogens (primary N) is 1. The molecule has 1 aromatic heterocycles. The molecule has 0 aliphatic rings. The Hall–Kier alpha value is -4.06. The molecule has 248 valence electrons. The minimum atomic E-state index is -3.91. The van der Waals surface area contributed by atoms with E-state index in [1.54, 1.807) is 22.9 Å². The van der Waals surface area contributed by atoms with Gasteiger partial charge in [0.15, 0.2) is 5.78 Å². The summed E-state index contributed by atoms with van der Waals surface area (Å²) in [5, 5.41) is 33.1. The number of hydrogen-bond donors (Lipinski definition) is 8. The van der Waals surface area contributed by atoms with Gasteiger partial charge in [-0.05, 0) is 37.3 Å². The van der Waals surface area contributed by atoms with Gasteiger partial charge in [-0.1, -0.05) is 36.4 Å². The number of Topliss-reactive ketones (excluding diaryl/α,β-unsaturated/α-hetero) is 1. The number of aromatic nitrogens is 2. The lowest BCUT2D eigenvalue weighted by atomic mass is 10.1. The fraction of sp³-hybridized carbons (Fsp3) is 0.333. The fourth-order valence-electron chi connectivity index (χ4n) is 4.19. The van der Waals surface area contributed by atoms with Gasteiger partial charge in [0, 0.05) is 36.6 Å². The second kappa shape index (κ2) is 17.6. The van der Waals surface area contributed by atoms with E-state index in [-0.39, 0.29) is 31.1 Å². The standard InChI is InChI=1S/C30H40N8O6S2/c1-20-3-5-22(6-4-20)26-15-25(37-38(26)23-7-9-24(10-8-23)46(31,43)44)30(33-12-11-32-13-14-39)27(40)16-35-29(42)18-36-28(41)17-34-21(2)19-45/h3-10,15,30,32-34,39,45H,2,11-14,16-19H2,1H3,(H,35,42)(H,36,41)(H2,31,43,44). The van der Waals surface area contributed by atoms with Gasteiger partial charge in [-0.3, -0.25) is 14.4 Å². The molecule has 0 fully saturated rings. The van der Waals surface area contributed by atoms with Crippen molar-refractivity contribution in [3.05, 3.63) is 78.1 Å². The van der Waals surface area contributed by atoms with E-state index in [0.717, 1.165) is 11.1 Å². The number of carbonyl (C=O) groups excluding carboxylic acids is 3. The molecule has 14 nitrogen and oxygen atoms in total. The van der Waals surface area contributed by atoms with Crippen LogP contribution in [0.5, 0.6) is 0 Å². The molecular weight excluding hydrogens is 633 g/mol. The molecule has 2 aromatic carbocycles. The van der Waals surface area contributed by atoms with Crippen molar-refractivity contribution in [3.8, 4) is 16.9 Å². The number of benzene rings is 2. The van der Waals surface area contributed by atoms with E-state index < -0.39 is 33.7 Å². The number of nitrogens with one attached hydrogen (secondary N) is 5. The van der Waals surface area contributed by atoms with Gasteiger partial charge in [0.1, 0.15) is 6.04 Å². The SMILES string of the molecule is C=C(CS)NCC(=O)NCC(=O)NCC(=O)C(NCCNCCO)c1cc(-c2ccc(C)cc2)n(-c2ccc(S(N)(=O)=O)cc2)n1. The fourth-order valence-corrected chi connectivity index (χ4v) is 4.82. The monoisotopic (exact) mass is 672 g/mol. The van der Waals surface area contributed by atoms with E-state index in [0.29, 0.717) is 48.2 Å². The molecule has 3 rings (SSSR count). The molecule has 0 saturated carbocycles. The number of aliphatic hydroxyl groups excluding tert-OH is 1. The van der Waals surface area contributed by atoms with Gasteiger partial charge in [0.25, 0.3) is 0 Å². The van der Waals surface area contributed by atoms with E-state index in [1.807, 2.05) is 31.2 Å². The molecule has 1 unspecified atom stereocenters. The predicted molar refractivity (Wildman–Crippen MR) is 178 cm³/mol. The summed E-state index contributed by atoms with van der Waals surface area (Å²) in [5.74, 6) is -1.01. The molecule has 8 N–H and O–H groups in total. The van der Waals surface area contributed by atoms with Crippen LogP contribution >= 0.6 is 12.6 Å². The number of amides is 2. The van der Waals surface area contributed by atoms with E-state index in [2.05, 4.69) is 45.8 Å². The second-order valence-corrected chi connectivity index (χ2v) is 12.1. The van der Waals surface area contributed by atoms with Gasteiger partial charge >= 0.3 is 0 Å². The number of primary sulfonamides is 1. The van der Waals surface area contributed by atoms with Crippen LogP contribution in [0, 0.1) is 6.92 Å². The zero-order chi connectivity index (χ0) is 33.7. The predicted octanol–water partition coefficient (Wildman–Crippen LogP) is -0.458. The number of ketones is 1. The Balaban J connectivity index is 1.85. The van der Waals surface area contributed by atoms with Crippen molar-refractivity contribution in [1.29, 1.82) is 0 Å². The second-order valence-electron chi connectivity index (χ2n) is 10.3. The first-order valence-electron chi connectivity index (χ1n) is 14.4. The number of sulfonamides is 1. The summed E-state index contributed by atoms with van der Waals surface area (Å²) in [7, 11) is -3.91. The maximum absolute atomic E-state index is 13.5. The van der Waals surface area contributed by atoms with Gasteiger partial charge in [-0.2, -0.15) is 17.7 Å². The highest BCUT2D eigenvalue weighted by molar-refractivity contribution is 7.89. The number of aliphatic hydroxyl groups is 1. The first kappa shape index (κ1) is 36.4. The maximum atomic E-state index is 13.5. The smallest absolute Gasteiger partial charge is 0.239 e. The molecule has 16 heteroatoms. The molecule has 0 radical (unpaired) electrons. The molecule has 1 atom stereocenters. The zero-order valence-electron chi connectivity index (χ0n) is 25.5. The normalized spacial score (nSPS) is 11.9. The minimum absolute atomic E-state index is 0.0422. The molecule has 0 bridgehead atoms. The quantitative estimate of drug-likeness (QED) is 0.0607. The lowest BCUT2D eigenvalue weighted by molar-refractivity contribution is -0.127. The van der Waals surface area contributed by atoms with Crippen LogP contribution in [0.3, 0.4) is 0 Å². The molecule has 2 amide bonds. The maximum Gasteiger partial charge on any atom is 0.239 e. The Morgan fingerprint density at radius 1 is 0.957 bits per heavy atom. The summed E-state index contributed by atoms with van der Waals surface area (Å²) in [6.45, 7) is 6.01. The molecule has 0 spiro atoms. The van der Waals surface area contributed by atoms with Crippen LogP contribution in [0.25, 0.3) is 16.9 Å². The first-order valence-corrected chi connectivity index (χ1v) is 16.5. The number of aryl methyl sites for hydroxylation is 1. The molecular formula is C30H40N8O6S2.